The summed E-state index contributed by atoms with van der Waals surface area (Å²) in [5.41, 5.74) is 0.158. The Morgan fingerprint density at radius 3 is 2.71 bits per heavy atom. The molecule has 0 N–H and O–H groups in total. The summed E-state index contributed by atoms with van der Waals surface area (Å²) in [5, 5.41) is 4.79. The van der Waals surface area contributed by atoms with Crippen molar-refractivity contribution in [2.24, 2.45) is 0 Å². The van der Waals surface area contributed by atoms with Crippen LogP contribution in [-0.4, -0.2) is 14.6 Å². The van der Waals surface area contributed by atoms with E-state index in [1.807, 2.05) is 0 Å². The smallest absolute Gasteiger partial charge is 0.266 e. The van der Waals surface area contributed by atoms with Gasteiger partial charge in [0.15, 0.2) is 0 Å². The van der Waals surface area contributed by atoms with E-state index in [-0.39, 0.29) is 16.2 Å². The van der Waals surface area contributed by atoms with Crippen LogP contribution in [0.3, 0.4) is 0 Å². The highest BCUT2D eigenvalue weighted by molar-refractivity contribution is 7.15. The molecule has 3 rings (SSSR count). The molecule has 106 valence electrons. The maximum absolute atomic E-state index is 12.2. The third-order valence-corrected chi connectivity index (χ3v) is 4.48. The van der Waals surface area contributed by atoms with Gasteiger partial charge in [0.05, 0.1) is 14.6 Å². The molecule has 0 saturated carbocycles. The molecule has 1 aromatic carbocycles. The normalized spacial score (nSPS) is 12.2. The Balaban J connectivity index is 2.27. The van der Waals surface area contributed by atoms with E-state index < -0.39 is 5.56 Å². The van der Waals surface area contributed by atoms with Crippen LogP contribution in [0.4, 0.5) is 0 Å². The van der Waals surface area contributed by atoms with Crippen LogP contribution in [0.1, 0.15) is 11.3 Å². The second-order valence-corrected chi connectivity index (χ2v) is 6.11. The molecule has 0 atom stereocenters. The van der Waals surface area contributed by atoms with Crippen molar-refractivity contribution in [2.75, 3.05) is 0 Å². The monoisotopic (exact) mass is 339 g/mol. The quantitative estimate of drug-likeness (QED) is 0.676. The Hall–Kier alpha value is -1.76. The lowest BCUT2D eigenvalue weighted by Crippen LogP contribution is -2.27. The molecule has 0 aliphatic rings. The summed E-state index contributed by atoms with van der Waals surface area (Å²) < 4.78 is 1.54. The molecule has 0 saturated heterocycles. The van der Waals surface area contributed by atoms with Crippen molar-refractivity contribution >= 4 is 45.6 Å². The average molecular weight is 340 g/mol. The summed E-state index contributed by atoms with van der Waals surface area (Å²) in [4.78, 5) is 27.8. The van der Waals surface area contributed by atoms with Gasteiger partial charge in [-0.1, -0.05) is 40.6 Å². The molecule has 3 aromatic rings. The maximum atomic E-state index is 12.2. The van der Waals surface area contributed by atoms with E-state index in [9.17, 15) is 9.59 Å². The third-order valence-electron chi connectivity index (χ3n) is 2.78. The van der Waals surface area contributed by atoms with E-state index >= 15 is 0 Å². The van der Waals surface area contributed by atoms with Crippen molar-refractivity contribution in [3.8, 4) is 0 Å². The number of halogens is 2. The summed E-state index contributed by atoms with van der Waals surface area (Å²) in [6.45, 7) is 1.52. The molecular weight excluding hydrogens is 333 g/mol. The number of rotatable bonds is 1. The van der Waals surface area contributed by atoms with Gasteiger partial charge in [0.2, 0.25) is 4.96 Å². The predicted octanol–water partition coefficient (Wildman–Crippen LogP) is 1.67. The van der Waals surface area contributed by atoms with Gasteiger partial charge in [0.1, 0.15) is 5.69 Å². The number of nitrogens with zero attached hydrogens (tertiary/aromatic N) is 3. The van der Waals surface area contributed by atoms with Crippen LogP contribution >= 0.6 is 34.5 Å². The van der Waals surface area contributed by atoms with Crippen LogP contribution in [0, 0.1) is 6.92 Å². The molecule has 0 spiro atoms. The van der Waals surface area contributed by atoms with Crippen molar-refractivity contribution in [2.45, 2.75) is 6.92 Å². The van der Waals surface area contributed by atoms with Crippen LogP contribution in [0.25, 0.3) is 11.0 Å². The first-order chi connectivity index (χ1) is 9.95. The van der Waals surface area contributed by atoms with Crippen LogP contribution in [0.15, 0.2) is 27.8 Å². The zero-order chi connectivity index (χ0) is 15.1. The SMILES string of the molecule is Cc1nn2c(=O)/c(=C/c3ccc(Cl)c(Cl)c3)sc2nc1=O. The van der Waals surface area contributed by atoms with Gasteiger partial charge in [0, 0.05) is 0 Å². The lowest BCUT2D eigenvalue weighted by Gasteiger charge is -1.96. The molecular formula is C13H7Cl2N3O2S. The van der Waals surface area contributed by atoms with Gasteiger partial charge < -0.3 is 0 Å². The van der Waals surface area contributed by atoms with Crippen LogP contribution in [0.5, 0.6) is 0 Å². The van der Waals surface area contributed by atoms with Gasteiger partial charge >= 0.3 is 0 Å². The average Bonchev–Trinajstić information content (AvgIpc) is 2.72. The number of hydrogen-bond donors (Lipinski definition) is 0. The first-order valence-electron chi connectivity index (χ1n) is 5.83. The fourth-order valence-corrected chi connectivity index (χ4v) is 2.95. The van der Waals surface area contributed by atoms with Crippen molar-refractivity contribution in [3.63, 3.8) is 0 Å². The summed E-state index contributed by atoms with van der Waals surface area (Å²) in [7, 11) is 0. The number of thiazole rings is 1. The van der Waals surface area contributed by atoms with Gasteiger partial charge in [-0.3, -0.25) is 9.59 Å². The zero-order valence-electron chi connectivity index (χ0n) is 10.6. The van der Waals surface area contributed by atoms with E-state index in [1.54, 1.807) is 24.3 Å². The number of aryl methyl sites for hydroxylation is 1. The summed E-state index contributed by atoms with van der Waals surface area (Å²) in [6.07, 6.45) is 1.66. The molecule has 2 aromatic heterocycles. The molecule has 21 heavy (non-hydrogen) atoms. The van der Waals surface area contributed by atoms with Crippen LogP contribution in [-0.2, 0) is 0 Å². The standard InChI is InChI=1S/C13H7Cl2N3O2S/c1-6-11(19)16-13-18(17-6)12(20)10(21-13)5-7-2-3-8(14)9(15)4-7/h2-5H,1H3/b10-5-. The second-order valence-electron chi connectivity index (χ2n) is 4.29. The first-order valence-corrected chi connectivity index (χ1v) is 7.40. The van der Waals surface area contributed by atoms with E-state index in [2.05, 4.69) is 10.1 Å². The minimum Gasteiger partial charge on any atom is -0.266 e. The molecule has 0 aliphatic heterocycles. The molecule has 5 nitrogen and oxygen atoms in total. The van der Waals surface area contributed by atoms with Crippen LogP contribution in [0.2, 0.25) is 10.0 Å². The maximum Gasteiger partial charge on any atom is 0.295 e. The van der Waals surface area contributed by atoms with E-state index in [4.69, 9.17) is 23.2 Å². The predicted molar refractivity (Wildman–Crippen MR) is 83.4 cm³/mol. The van der Waals surface area contributed by atoms with E-state index in [1.165, 1.54) is 6.92 Å². The Morgan fingerprint density at radius 2 is 2.00 bits per heavy atom. The Morgan fingerprint density at radius 1 is 1.24 bits per heavy atom. The summed E-state index contributed by atoms with van der Waals surface area (Å²) in [5.74, 6) is 0. The Kier molecular flexibility index (Phi) is 3.52. The first kappa shape index (κ1) is 14.2. The van der Waals surface area contributed by atoms with Crippen molar-refractivity contribution in [1.29, 1.82) is 0 Å². The molecule has 0 fully saturated rings. The van der Waals surface area contributed by atoms with Gasteiger partial charge in [-0.05, 0) is 30.7 Å². The van der Waals surface area contributed by atoms with E-state index in [0.717, 1.165) is 21.4 Å². The van der Waals surface area contributed by atoms with Gasteiger partial charge in [-0.25, -0.2) is 0 Å². The fourth-order valence-electron chi connectivity index (χ4n) is 1.74. The molecule has 0 bridgehead atoms. The fraction of sp³-hybridized carbons (Fsp3) is 0.0769. The zero-order valence-corrected chi connectivity index (χ0v) is 13.0. The van der Waals surface area contributed by atoms with Gasteiger partial charge in [-0.15, -0.1) is 0 Å². The van der Waals surface area contributed by atoms with Crippen molar-refractivity contribution < 1.29 is 0 Å². The minimum absolute atomic E-state index is 0.184. The Labute approximate surface area is 132 Å². The summed E-state index contributed by atoms with van der Waals surface area (Å²) in [6, 6.07) is 5.05. The molecule has 0 radical (unpaired) electrons. The molecule has 2 heterocycles. The number of aromatic nitrogens is 3. The largest absolute Gasteiger partial charge is 0.295 e. The number of fused-ring (bicyclic) bond motifs is 1. The van der Waals surface area contributed by atoms with Crippen LogP contribution < -0.4 is 15.7 Å². The molecule has 0 unspecified atom stereocenters. The molecule has 8 heteroatoms. The number of hydrogen-bond acceptors (Lipinski definition) is 5. The number of benzene rings is 1. The lowest BCUT2D eigenvalue weighted by molar-refractivity contribution is 0.833. The Bertz CT molecular complexity index is 1030. The summed E-state index contributed by atoms with van der Waals surface area (Å²) >= 11 is 12.9. The topological polar surface area (TPSA) is 64.3 Å². The van der Waals surface area contributed by atoms with E-state index in [0.29, 0.717) is 14.6 Å². The van der Waals surface area contributed by atoms with Crippen molar-refractivity contribution in [1.82, 2.24) is 14.6 Å². The van der Waals surface area contributed by atoms with Crippen molar-refractivity contribution in [3.05, 3.63) is 64.7 Å². The third kappa shape index (κ3) is 2.57. The molecule has 0 amide bonds. The van der Waals surface area contributed by atoms with Gasteiger partial charge in [-0.2, -0.15) is 14.6 Å². The lowest BCUT2D eigenvalue weighted by atomic mass is 10.2. The highest BCUT2D eigenvalue weighted by Crippen LogP contribution is 2.22. The second kappa shape index (κ2) is 5.22. The minimum atomic E-state index is -0.433. The molecule has 0 aliphatic carbocycles. The highest BCUT2D eigenvalue weighted by Gasteiger charge is 2.08. The highest BCUT2D eigenvalue weighted by atomic mass is 35.5. The van der Waals surface area contributed by atoms with Gasteiger partial charge in [0.25, 0.3) is 11.1 Å².